The Morgan fingerprint density at radius 3 is 2.63 bits per heavy atom. The molecule has 12 heteroatoms. The Labute approximate surface area is 244 Å². The molecule has 11 nitrogen and oxygen atoms in total. The predicted molar refractivity (Wildman–Crippen MR) is 159 cm³/mol. The highest BCUT2D eigenvalue weighted by Gasteiger charge is 2.38. The number of nitrogen functional groups attached to an aromatic ring is 1. The first-order chi connectivity index (χ1) is 19.6. The van der Waals surface area contributed by atoms with E-state index in [9.17, 15) is 9.59 Å². The molecule has 2 aliphatic rings. The molecule has 4 N–H and O–H groups in total. The largest absolute Gasteiger partial charge is 0.496 e. The topological polar surface area (TPSA) is 142 Å². The first-order valence-electron chi connectivity index (χ1n) is 13.7. The summed E-state index contributed by atoms with van der Waals surface area (Å²) in [5.41, 5.74) is 11.6. The van der Waals surface area contributed by atoms with E-state index in [-0.39, 0.29) is 29.5 Å². The molecule has 0 radical (unpaired) electrons. The molecule has 1 saturated heterocycles. The summed E-state index contributed by atoms with van der Waals surface area (Å²) in [6.45, 7) is 11.2. The van der Waals surface area contributed by atoms with Gasteiger partial charge in [-0.25, -0.2) is 4.98 Å². The van der Waals surface area contributed by atoms with Crippen LogP contribution in [0.4, 0.5) is 11.8 Å². The van der Waals surface area contributed by atoms with Crippen molar-refractivity contribution in [3.05, 3.63) is 56.2 Å². The van der Waals surface area contributed by atoms with Gasteiger partial charge in [0, 0.05) is 41.8 Å². The number of nitrogens with one attached hydrogen (secondary N) is 2. The molecule has 2 amide bonds. The molecule has 216 valence electrons. The molecular weight excluding hydrogens is 544 g/mol. The van der Waals surface area contributed by atoms with Crippen molar-refractivity contribution < 1.29 is 14.3 Å². The van der Waals surface area contributed by atoms with Crippen molar-refractivity contribution in [3.8, 4) is 5.75 Å². The molecule has 0 aromatic carbocycles. The molecule has 41 heavy (non-hydrogen) atoms. The fourth-order valence-corrected chi connectivity index (χ4v) is 5.97. The van der Waals surface area contributed by atoms with Crippen LogP contribution in [0.3, 0.4) is 0 Å². The van der Waals surface area contributed by atoms with Crippen LogP contribution < -0.4 is 20.7 Å². The normalized spacial score (nSPS) is 16.1. The monoisotopic (exact) mass is 578 g/mol. The quantitative estimate of drug-likeness (QED) is 0.272. The number of ether oxygens (including phenoxy) is 1. The maximum Gasteiger partial charge on any atom is 0.260 e. The zero-order valence-corrected chi connectivity index (χ0v) is 24.8. The summed E-state index contributed by atoms with van der Waals surface area (Å²) in [7, 11) is 1.60. The molecule has 0 unspecified atom stereocenters. The maximum atomic E-state index is 13.9. The lowest BCUT2D eigenvalue weighted by atomic mass is 10.1. The van der Waals surface area contributed by atoms with Crippen LogP contribution in [0, 0.1) is 27.7 Å². The molecular formula is C29H35ClN8O3. The molecule has 0 atom stereocenters. The zero-order chi connectivity index (χ0) is 29.4. The smallest absolute Gasteiger partial charge is 0.260 e. The number of halogens is 1. The Morgan fingerprint density at radius 2 is 1.93 bits per heavy atom. The number of nitrogens with zero attached hydrogens (tertiary/aromatic N) is 5. The second-order valence-corrected chi connectivity index (χ2v) is 10.9. The van der Waals surface area contributed by atoms with Gasteiger partial charge in [0.1, 0.15) is 10.9 Å². The first-order valence-corrected chi connectivity index (χ1v) is 14.0. The van der Waals surface area contributed by atoms with E-state index in [1.807, 2.05) is 27.7 Å². The number of nitrogens with two attached hydrogens (primary N) is 1. The molecule has 0 bridgehead atoms. The highest BCUT2D eigenvalue weighted by Crippen LogP contribution is 2.42. The number of pyridine rings is 1. The third kappa shape index (κ3) is 5.39. The van der Waals surface area contributed by atoms with Crippen LogP contribution in [0.15, 0.2) is 6.20 Å². The number of anilines is 2. The van der Waals surface area contributed by atoms with Crippen molar-refractivity contribution >= 4 is 46.8 Å². The number of hydrogen-bond donors (Lipinski definition) is 3. The van der Waals surface area contributed by atoms with E-state index >= 15 is 0 Å². The van der Waals surface area contributed by atoms with Gasteiger partial charge in [-0.05, 0) is 65.3 Å². The lowest BCUT2D eigenvalue weighted by Gasteiger charge is -2.19. The predicted octanol–water partition coefficient (Wildman–Crippen LogP) is 3.59. The van der Waals surface area contributed by atoms with Crippen molar-refractivity contribution in [2.45, 2.75) is 47.1 Å². The number of aryl methyl sites for hydroxylation is 2. The Hall–Kier alpha value is -3.96. The van der Waals surface area contributed by atoms with E-state index < -0.39 is 0 Å². The van der Waals surface area contributed by atoms with Gasteiger partial charge in [-0.1, -0.05) is 11.6 Å². The van der Waals surface area contributed by atoms with Crippen molar-refractivity contribution in [1.29, 1.82) is 0 Å². The third-order valence-electron chi connectivity index (χ3n) is 7.83. The molecule has 5 rings (SSSR count). The summed E-state index contributed by atoms with van der Waals surface area (Å²) >= 11 is 6.54. The van der Waals surface area contributed by atoms with Crippen molar-refractivity contribution in [1.82, 2.24) is 30.2 Å². The van der Waals surface area contributed by atoms with E-state index in [4.69, 9.17) is 22.1 Å². The summed E-state index contributed by atoms with van der Waals surface area (Å²) < 4.78 is 5.55. The number of aromatic amines is 1. The summed E-state index contributed by atoms with van der Waals surface area (Å²) in [6.07, 6.45) is 5.83. The first kappa shape index (κ1) is 28.6. The highest BCUT2D eigenvalue weighted by molar-refractivity contribution is 6.41. The summed E-state index contributed by atoms with van der Waals surface area (Å²) in [4.78, 5) is 47.2. The van der Waals surface area contributed by atoms with Crippen LogP contribution in [0.25, 0.3) is 11.6 Å². The number of aromatic nitrogens is 4. The zero-order valence-electron chi connectivity index (χ0n) is 24.0. The number of methoxy groups -OCH3 is 1. The average molecular weight is 579 g/mol. The Morgan fingerprint density at radius 1 is 1.20 bits per heavy atom. The Kier molecular flexibility index (Phi) is 8.01. The minimum atomic E-state index is -0.328. The maximum absolute atomic E-state index is 13.9. The lowest BCUT2D eigenvalue weighted by Crippen LogP contribution is -2.33. The second-order valence-electron chi connectivity index (χ2n) is 10.5. The van der Waals surface area contributed by atoms with Gasteiger partial charge >= 0.3 is 0 Å². The minimum absolute atomic E-state index is 0.0428. The van der Waals surface area contributed by atoms with Crippen LogP contribution in [-0.4, -0.2) is 69.9 Å². The molecule has 1 fully saturated rings. The lowest BCUT2D eigenvalue weighted by molar-refractivity contribution is -0.113. The summed E-state index contributed by atoms with van der Waals surface area (Å²) in [5, 5.41) is 3.11. The van der Waals surface area contributed by atoms with Gasteiger partial charge in [0.25, 0.3) is 11.8 Å². The number of carbonyl (C=O) groups is 2. The van der Waals surface area contributed by atoms with E-state index in [0.29, 0.717) is 51.9 Å². The standard InChI is InChI=1S/C29H35ClN8O3/c1-15-13-33-21(17(3)24(15)41-5)14-38-26-23(25(30)35-29(31)36-26)19(28(38)40)12-20-16(2)22(18(4)34-20)27(39)32-8-11-37-9-6-7-10-37/h12-13,34H,6-11,14H2,1-5H3,(H,32,39)(H2,31,35,36)/b19-12-. The fourth-order valence-electron chi connectivity index (χ4n) is 5.70. The van der Waals surface area contributed by atoms with Crippen LogP contribution in [-0.2, 0) is 11.3 Å². The van der Waals surface area contributed by atoms with Crippen molar-refractivity contribution in [3.63, 3.8) is 0 Å². The molecule has 0 aliphatic carbocycles. The Balaban J connectivity index is 1.47. The number of fused-ring (bicyclic) bond motifs is 1. The van der Waals surface area contributed by atoms with Crippen LogP contribution in [0.2, 0.25) is 5.15 Å². The van der Waals surface area contributed by atoms with Crippen molar-refractivity contribution in [2.75, 3.05) is 43.9 Å². The summed E-state index contributed by atoms with van der Waals surface area (Å²) in [6, 6.07) is 0. The number of amides is 2. The summed E-state index contributed by atoms with van der Waals surface area (Å²) in [5.74, 6) is 0.496. The Bertz CT molecular complexity index is 1560. The molecule has 0 spiro atoms. The number of H-pyrrole nitrogens is 1. The van der Waals surface area contributed by atoms with Gasteiger partial charge in [0.2, 0.25) is 5.95 Å². The highest BCUT2D eigenvalue weighted by atomic mass is 35.5. The number of likely N-dealkylation sites (tertiary alicyclic amines) is 1. The molecule has 3 aromatic rings. The number of hydrogen-bond acceptors (Lipinski definition) is 8. The van der Waals surface area contributed by atoms with Gasteiger partial charge in [-0.3, -0.25) is 19.5 Å². The van der Waals surface area contributed by atoms with Gasteiger partial charge in [-0.2, -0.15) is 4.98 Å². The SMILES string of the molecule is COc1c(C)cnc(CN2C(=O)/C(=C\c3[nH]c(C)c(C(=O)NCCN4CCCC4)c3C)c3c(Cl)nc(N)nc32)c1C. The van der Waals surface area contributed by atoms with E-state index in [2.05, 4.69) is 30.2 Å². The van der Waals surface area contributed by atoms with Gasteiger partial charge in [0.05, 0.1) is 36.0 Å². The molecule has 0 saturated carbocycles. The second kappa shape index (κ2) is 11.5. The van der Waals surface area contributed by atoms with Crippen LogP contribution in [0.5, 0.6) is 5.75 Å². The van der Waals surface area contributed by atoms with E-state index in [1.165, 1.54) is 17.7 Å². The fraction of sp³-hybridized carbons (Fsp3) is 0.414. The number of carbonyl (C=O) groups excluding carboxylic acids is 2. The number of rotatable bonds is 8. The molecule has 3 aromatic heterocycles. The minimum Gasteiger partial charge on any atom is -0.496 e. The van der Waals surface area contributed by atoms with Crippen LogP contribution in [0.1, 0.15) is 62.5 Å². The van der Waals surface area contributed by atoms with E-state index in [0.717, 1.165) is 36.3 Å². The van der Waals surface area contributed by atoms with Gasteiger partial charge < -0.3 is 25.7 Å². The van der Waals surface area contributed by atoms with Gasteiger partial charge in [-0.15, -0.1) is 0 Å². The average Bonchev–Trinajstić information content (AvgIpc) is 3.60. The van der Waals surface area contributed by atoms with Crippen LogP contribution >= 0.6 is 11.6 Å². The van der Waals surface area contributed by atoms with E-state index in [1.54, 1.807) is 19.4 Å². The van der Waals surface area contributed by atoms with Crippen molar-refractivity contribution in [2.24, 2.45) is 0 Å². The van der Waals surface area contributed by atoms with Gasteiger partial charge in [0.15, 0.2) is 5.82 Å². The molecule has 5 heterocycles. The third-order valence-corrected chi connectivity index (χ3v) is 8.10. The molecule has 2 aliphatic heterocycles.